The number of hydrogen-bond donors (Lipinski definition) is 1. The molecule has 1 heterocycles. The number of fused-ring (bicyclic) bond motifs is 1. The predicted molar refractivity (Wildman–Crippen MR) is 72.7 cm³/mol. The highest BCUT2D eigenvalue weighted by atomic mass is 35.5. The molecule has 0 bridgehead atoms. The minimum atomic E-state index is 0.583. The third kappa shape index (κ3) is 2.47. The average molecular weight is 257 g/mol. The maximum absolute atomic E-state index is 6.04. The van der Waals surface area contributed by atoms with Gasteiger partial charge in [-0.2, -0.15) is 0 Å². The fourth-order valence-corrected chi connectivity index (χ4v) is 3.46. The molecule has 0 saturated heterocycles. The average Bonchev–Trinajstić information content (AvgIpc) is 2.29. The van der Waals surface area contributed by atoms with Crippen molar-refractivity contribution in [2.45, 2.75) is 23.8 Å². The van der Waals surface area contributed by atoms with Crippen LogP contribution in [0.2, 0.25) is 5.02 Å². The second kappa shape index (κ2) is 5.30. The summed E-state index contributed by atoms with van der Waals surface area (Å²) in [7, 11) is 2.15. The summed E-state index contributed by atoms with van der Waals surface area (Å²) in [6.45, 7) is 0.775. The van der Waals surface area contributed by atoms with Crippen molar-refractivity contribution < 1.29 is 0 Å². The molecule has 1 aromatic rings. The van der Waals surface area contributed by atoms with Gasteiger partial charge in [-0.25, -0.2) is 0 Å². The van der Waals surface area contributed by atoms with Crippen LogP contribution < -0.4 is 10.6 Å². The lowest BCUT2D eigenvalue weighted by Crippen LogP contribution is -2.37. The number of nitrogens with zero attached hydrogens (tertiary/aromatic N) is 1. The fraction of sp³-hybridized carbons (Fsp3) is 0.500. The zero-order chi connectivity index (χ0) is 11.5. The summed E-state index contributed by atoms with van der Waals surface area (Å²) in [5.74, 6) is 1.14. The van der Waals surface area contributed by atoms with E-state index in [1.165, 1.54) is 10.6 Å². The van der Waals surface area contributed by atoms with Crippen molar-refractivity contribution in [2.24, 2.45) is 5.73 Å². The Bertz CT molecular complexity index is 370. The number of thioether (sulfide) groups is 1. The third-order valence-corrected chi connectivity index (χ3v) is 4.46. The Balaban J connectivity index is 2.17. The van der Waals surface area contributed by atoms with Crippen molar-refractivity contribution in [2.75, 3.05) is 24.2 Å². The maximum Gasteiger partial charge on any atom is 0.0519 e. The summed E-state index contributed by atoms with van der Waals surface area (Å²) in [4.78, 5) is 3.67. The van der Waals surface area contributed by atoms with E-state index in [0.29, 0.717) is 6.04 Å². The fourth-order valence-electron chi connectivity index (χ4n) is 2.01. The molecule has 1 atom stereocenters. The molecule has 1 aliphatic heterocycles. The van der Waals surface area contributed by atoms with Gasteiger partial charge < -0.3 is 10.6 Å². The minimum absolute atomic E-state index is 0.583. The van der Waals surface area contributed by atoms with Crippen molar-refractivity contribution in [1.82, 2.24) is 0 Å². The highest BCUT2D eigenvalue weighted by molar-refractivity contribution is 7.99. The monoisotopic (exact) mass is 256 g/mol. The van der Waals surface area contributed by atoms with E-state index < -0.39 is 0 Å². The van der Waals surface area contributed by atoms with E-state index in [-0.39, 0.29) is 0 Å². The zero-order valence-corrected chi connectivity index (χ0v) is 11.0. The first-order valence-electron chi connectivity index (χ1n) is 5.57. The van der Waals surface area contributed by atoms with Crippen LogP contribution in [0.4, 0.5) is 5.69 Å². The van der Waals surface area contributed by atoms with E-state index in [2.05, 4.69) is 24.1 Å². The van der Waals surface area contributed by atoms with Crippen molar-refractivity contribution in [1.29, 1.82) is 0 Å². The molecule has 4 heteroatoms. The SMILES string of the molecule is CN1c2cc(Cl)ccc2SCC1CCCN. The van der Waals surface area contributed by atoms with Gasteiger partial charge in [-0.15, -0.1) is 11.8 Å². The number of nitrogens with two attached hydrogens (primary N) is 1. The molecule has 0 aliphatic carbocycles. The summed E-state index contributed by atoms with van der Waals surface area (Å²) in [5.41, 5.74) is 6.82. The molecule has 0 fully saturated rings. The molecule has 0 spiro atoms. The Kier molecular flexibility index (Phi) is 4.00. The lowest BCUT2D eigenvalue weighted by molar-refractivity contribution is 0.599. The highest BCUT2D eigenvalue weighted by Crippen LogP contribution is 2.38. The van der Waals surface area contributed by atoms with Crippen LogP contribution in [0, 0.1) is 0 Å². The zero-order valence-electron chi connectivity index (χ0n) is 9.45. The highest BCUT2D eigenvalue weighted by Gasteiger charge is 2.23. The van der Waals surface area contributed by atoms with E-state index >= 15 is 0 Å². The van der Waals surface area contributed by atoms with E-state index in [4.69, 9.17) is 17.3 Å². The summed E-state index contributed by atoms with van der Waals surface area (Å²) < 4.78 is 0. The first-order chi connectivity index (χ1) is 7.72. The first kappa shape index (κ1) is 12.1. The molecule has 1 unspecified atom stereocenters. The normalized spacial score (nSPS) is 19.7. The van der Waals surface area contributed by atoms with Crippen LogP contribution in [0.1, 0.15) is 12.8 Å². The summed E-state index contributed by atoms with van der Waals surface area (Å²) in [6, 6.07) is 6.71. The molecule has 16 heavy (non-hydrogen) atoms. The lowest BCUT2D eigenvalue weighted by Gasteiger charge is -2.35. The smallest absolute Gasteiger partial charge is 0.0519 e. The largest absolute Gasteiger partial charge is 0.370 e. The van der Waals surface area contributed by atoms with Gasteiger partial charge in [0.05, 0.1) is 5.69 Å². The molecule has 1 aromatic carbocycles. The molecular formula is C12H17ClN2S. The second-order valence-electron chi connectivity index (χ2n) is 4.12. The lowest BCUT2D eigenvalue weighted by atomic mass is 10.1. The van der Waals surface area contributed by atoms with Gasteiger partial charge in [-0.1, -0.05) is 11.6 Å². The van der Waals surface area contributed by atoms with Gasteiger partial charge in [0.25, 0.3) is 0 Å². The molecular weight excluding hydrogens is 240 g/mol. The second-order valence-corrected chi connectivity index (χ2v) is 5.62. The number of rotatable bonds is 3. The first-order valence-corrected chi connectivity index (χ1v) is 6.94. The number of halogens is 1. The van der Waals surface area contributed by atoms with Gasteiger partial charge >= 0.3 is 0 Å². The molecule has 0 radical (unpaired) electrons. The van der Waals surface area contributed by atoms with E-state index in [9.17, 15) is 0 Å². The van der Waals surface area contributed by atoms with Crippen LogP contribution in [0.25, 0.3) is 0 Å². The van der Waals surface area contributed by atoms with Crippen LogP contribution in [-0.4, -0.2) is 25.4 Å². The number of benzene rings is 1. The molecule has 0 aromatic heterocycles. The standard InChI is InChI=1S/C12H17ClN2S/c1-15-10(3-2-6-14)8-16-12-5-4-9(13)7-11(12)15/h4-5,7,10H,2-3,6,8,14H2,1H3. The van der Waals surface area contributed by atoms with Crippen LogP contribution in [0.5, 0.6) is 0 Å². The van der Waals surface area contributed by atoms with E-state index in [1.807, 2.05) is 17.8 Å². The van der Waals surface area contributed by atoms with Gasteiger partial charge in [-0.3, -0.25) is 0 Å². The van der Waals surface area contributed by atoms with Crippen molar-refractivity contribution in [3.8, 4) is 0 Å². The molecule has 2 rings (SSSR count). The summed E-state index contributed by atoms with van der Waals surface area (Å²) in [5, 5.41) is 0.811. The van der Waals surface area contributed by atoms with Gasteiger partial charge in [0.15, 0.2) is 0 Å². The Hall–Kier alpha value is -0.380. The predicted octanol–water partition coefficient (Wildman–Crippen LogP) is 2.99. The van der Waals surface area contributed by atoms with Crippen LogP contribution in [0.3, 0.4) is 0 Å². The van der Waals surface area contributed by atoms with Gasteiger partial charge in [0, 0.05) is 28.8 Å². The van der Waals surface area contributed by atoms with Crippen LogP contribution in [-0.2, 0) is 0 Å². The molecule has 0 amide bonds. The Labute approximate surface area is 106 Å². The summed E-state index contributed by atoms with van der Waals surface area (Å²) >= 11 is 7.96. The van der Waals surface area contributed by atoms with Crippen molar-refractivity contribution >= 4 is 29.1 Å². The molecule has 1 aliphatic rings. The molecule has 88 valence electrons. The quantitative estimate of drug-likeness (QED) is 0.902. The molecule has 2 N–H and O–H groups in total. The number of anilines is 1. The van der Waals surface area contributed by atoms with Gasteiger partial charge in [-0.05, 0) is 37.6 Å². The molecule has 2 nitrogen and oxygen atoms in total. The summed E-state index contributed by atoms with van der Waals surface area (Å²) in [6.07, 6.45) is 2.25. The Morgan fingerprint density at radius 2 is 2.38 bits per heavy atom. The number of hydrogen-bond acceptors (Lipinski definition) is 3. The van der Waals surface area contributed by atoms with Crippen LogP contribution in [0.15, 0.2) is 23.1 Å². The molecule has 0 saturated carbocycles. The maximum atomic E-state index is 6.04. The van der Waals surface area contributed by atoms with Crippen molar-refractivity contribution in [3.05, 3.63) is 23.2 Å². The van der Waals surface area contributed by atoms with Gasteiger partial charge in [0.2, 0.25) is 0 Å². The Morgan fingerprint density at radius 1 is 1.56 bits per heavy atom. The third-order valence-electron chi connectivity index (χ3n) is 3.02. The van der Waals surface area contributed by atoms with E-state index in [1.54, 1.807) is 0 Å². The Morgan fingerprint density at radius 3 is 3.12 bits per heavy atom. The van der Waals surface area contributed by atoms with Crippen LogP contribution >= 0.6 is 23.4 Å². The topological polar surface area (TPSA) is 29.3 Å². The van der Waals surface area contributed by atoms with Crippen molar-refractivity contribution in [3.63, 3.8) is 0 Å². The van der Waals surface area contributed by atoms with E-state index in [0.717, 1.165) is 30.2 Å². The van der Waals surface area contributed by atoms with Gasteiger partial charge in [0.1, 0.15) is 0 Å². The minimum Gasteiger partial charge on any atom is -0.370 e.